The van der Waals surface area contributed by atoms with Crippen molar-refractivity contribution in [2.75, 3.05) is 6.54 Å². The zero-order valence-electron chi connectivity index (χ0n) is 12.9. The largest absolute Gasteiger partial charge is 0.387 e. The quantitative estimate of drug-likeness (QED) is 0.393. The summed E-state index contributed by atoms with van der Waals surface area (Å²) in [4.78, 5) is 10.1. The lowest BCUT2D eigenvalue weighted by Gasteiger charge is -2.17. The number of rotatable bonds is 10. The van der Waals surface area contributed by atoms with Crippen LogP contribution in [0.15, 0.2) is 24.3 Å². The molecule has 0 heterocycles. The van der Waals surface area contributed by atoms with E-state index in [-0.39, 0.29) is 5.69 Å². The van der Waals surface area contributed by atoms with Gasteiger partial charge in [0, 0.05) is 24.7 Å². The van der Waals surface area contributed by atoms with Gasteiger partial charge in [0.2, 0.25) is 0 Å². The first kappa shape index (κ1) is 17.6. The number of aliphatic hydroxyl groups is 1. The van der Waals surface area contributed by atoms with Crippen LogP contribution in [-0.4, -0.2) is 22.6 Å². The summed E-state index contributed by atoms with van der Waals surface area (Å²) in [6, 6.07) is 6.43. The summed E-state index contributed by atoms with van der Waals surface area (Å²) in [5.74, 6) is 0. The smallest absolute Gasteiger partial charge is 0.269 e. The maximum atomic E-state index is 10.6. The Morgan fingerprint density at radius 1 is 1.24 bits per heavy atom. The van der Waals surface area contributed by atoms with Crippen LogP contribution in [0.3, 0.4) is 0 Å². The molecule has 0 bridgehead atoms. The summed E-state index contributed by atoms with van der Waals surface area (Å²) in [6.45, 7) is 4.78. The average Bonchev–Trinajstić information content (AvgIpc) is 2.49. The molecule has 0 aliphatic heterocycles. The number of nitro benzene ring substituents is 1. The third-order valence-corrected chi connectivity index (χ3v) is 3.64. The van der Waals surface area contributed by atoms with Crippen LogP contribution in [0, 0.1) is 10.1 Å². The van der Waals surface area contributed by atoms with Crippen LogP contribution < -0.4 is 5.32 Å². The summed E-state index contributed by atoms with van der Waals surface area (Å²) in [5.41, 5.74) is 0.745. The molecule has 0 aliphatic carbocycles. The summed E-state index contributed by atoms with van der Waals surface area (Å²) < 4.78 is 0. The Balaban J connectivity index is 2.32. The number of non-ortho nitro benzene ring substituents is 1. The number of nitrogens with one attached hydrogen (secondary N) is 1. The van der Waals surface area contributed by atoms with Gasteiger partial charge in [0.1, 0.15) is 0 Å². The van der Waals surface area contributed by atoms with Gasteiger partial charge in [0.15, 0.2) is 0 Å². The maximum absolute atomic E-state index is 10.6. The molecule has 2 N–H and O–H groups in total. The van der Waals surface area contributed by atoms with Crippen molar-refractivity contribution in [2.45, 2.75) is 58.1 Å². The van der Waals surface area contributed by atoms with Crippen LogP contribution in [0.1, 0.15) is 57.6 Å². The SMILES string of the molecule is CCCCCCC(C)NCC(O)c1ccc([N+](=O)[O-])cc1. The van der Waals surface area contributed by atoms with Crippen molar-refractivity contribution in [3.05, 3.63) is 39.9 Å². The lowest BCUT2D eigenvalue weighted by molar-refractivity contribution is -0.384. The molecule has 0 spiro atoms. The number of nitro groups is 1. The van der Waals surface area contributed by atoms with E-state index in [0.717, 1.165) is 6.42 Å². The van der Waals surface area contributed by atoms with Crippen molar-refractivity contribution in [3.63, 3.8) is 0 Å². The highest BCUT2D eigenvalue weighted by molar-refractivity contribution is 5.33. The average molecular weight is 294 g/mol. The molecular formula is C16H26N2O3. The van der Waals surface area contributed by atoms with Gasteiger partial charge in [-0.15, -0.1) is 0 Å². The fraction of sp³-hybridized carbons (Fsp3) is 0.625. The summed E-state index contributed by atoms with van der Waals surface area (Å²) in [6.07, 6.45) is 5.44. The van der Waals surface area contributed by atoms with Gasteiger partial charge in [-0.05, 0) is 31.0 Å². The first-order valence-corrected chi connectivity index (χ1v) is 7.70. The molecule has 5 heteroatoms. The zero-order valence-corrected chi connectivity index (χ0v) is 12.9. The van der Waals surface area contributed by atoms with Crippen molar-refractivity contribution < 1.29 is 10.0 Å². The Labute approximate surface area is 126 Å². The predicted molar refractivity (Wildman–Crippen MR) is 84.3 cm³/mol. The van der Waals surface area contributed by atoms with Crippen molar-refractivity contribution in [3.8, 4) is 0 Å². The number of hydrogen-bond donors (Lipinski definition) is 2. The highest BCUT2D eigenvalue weighted by atomic mass is 16.6. The third kappa shape index (κ3) is 6.69. The lowest BCUT2D eigenvalue weighted by Crippen LogP contribution is -2.30. The first-order chi connectivity index (χ1) is 10.0. The second-order valence-electron chi connectivity index (χ2n) is 5.52. The lowest BCUT2D eigenvalue weighted by atomic mass is 10.1. The molecule has 21 heavy (non-hydrogen) atoms. The Hall–Kier alpha value is -1.46. The van der Waals surface area contributed by atoms with Crippen molar-refractivity contribution >= 4 is 5.69 Å². The Morgan fingerprint density at radius 3 is 2.48 bits per heavy atom. The molecular weight excluding hydrogens is 268 g/mol. The molecule has 0 saturated heterocycles. The van der Waals surface area contributed by atoms with Crippen LogP contribution in [0.25, 0.3) is 0 Å². The number of nitrogens with zero attached hydrogens (tertiary/aromatic N) is 1. The van der Waals surface area contributed by atoms with E-state index < -0.39 is 11.0 Å². The number of unbranched alkanes of at least 4 members (excludes halogenated alkanes) is 3. The van der Waals surface area contributed by atoms with Gasteiger partial charge in [-0.1, -0.05) is 32.6 Å². The van der Waals surface area contributed by atoms with Crippen LogP contribution in [0.4, 0.5) is 5.69 Å². The maximum Gasteiger partial charge on any atom is 0.269 e. The number of benzene rings is 1. The molecule has 0 aliphatic rings. The molecule has 5 nitrogen and oxygen atoms in total. The van der Waals surface area contributed by atoms with Crippen LogP contribution >= 0.6 is 0 Å². The van der Waals surface area contributed by atoms with Gasteiger partial charge in [-0.3, -0.25) is 10.1 Å². The fourth-order valence-corrected chi connectivity index (χ4v) is 2.23. The van der Waals surface area contributed by atoms with Gasteiger partial charge in [0.25, 0.3) is 5.69 Å². The van der Waals surface area contributed by atoms with Gasteiger partial charge in [-0.2, -0.15) is 0 Å². The summed E-state index contributed by atoms with van der Waals surface area (Å²) >= 11 is 0. The molecule has 1 aromatic carbocycles. The van der Waals surface area contributed by atoms with Gasteiger partial charge < -0.3 is 10.4 Å². The zero-order chi connectivity index (χ0) is 15.7. The Morgan fingerprint density at radius 2 is 1.90 bits per heavy atom. The molecule has 0 aromatic heterocycles. The molecule has 1 aromatic rings. The minimum Gasteiger partial charge on any atom is -0.387 e. The van der Waals surface area contributed by atoms with Crippen molar-refractivity contribution in [1.82, 2.24) is 5.32 Å². The molecule has 0 saturated carbocycles. The molecule has 1 rings (SSSR count). The molecule has 2 unspecified atom stereocenters. The highest BCUT2D eigenvalue weighted by Gasteiger charge is 2.11. The third-order valence-electron chi connectivity index (χ3n) is 3.64. The van der Waals surface area contributed by atoms with E-state index in [2.05, 4.69) is 19.2 Å². The van der Waals surface area contributed by atoms with Crippen LogP contribution in [-0.2, 0) is 0 Å². The Kier molecular flexibility index (Phi) is 7.93. The molecule has 2 atom stereocenters. The van der Waals surface area contributed by atoms with E-state index in [1.54, 1.807) is 12.1 Å². The highest BCUT2D eigenvalue weighted by Crippen LogP contribution is 2.17. The predicted octanol–water partition coefficient (Wildman–Crippen LogP) is 3.58. The van der Waals surface area contributed by atoms with Crippen LogP contribution in [0.2, 0.25) is 0 Å². The van der Waals surface area contributed by atoms with E-state index in [0.29, 0.717) is 18.2 Å². The van der Waals surface area contributed by atoms with Crippen LogP contribution in [0.5, 0.6) is 0 Å². The van der Waals surface area contributed by atoms with E-state index in [1.165, 1.54) is 37.8 Å². The normalized spacial score (nSPS) is 13.9. The molecule has 118 valence electrons. The van der Waals surface area contributed by atoms with E-state index in [9.17, 15) is 15.2 Å². The Bertz CT molecular complexity index is 420. The van der Waals surface area contributed by atoms with Gasteiger partial charge in [-0.25, -0.2) is 0 Å². The molecule has 0 radical (unpaired) electrons. The number of hydrogen-bond acceptors (Lipinski definition) is 4. The van der Waals surface area contributed by atoms with E-state index in [1.807, 2.05) is 0 Å². The van der Waals surface area contributed by atoms with Crippen molar-refractivity contribution in [2.24, 2.45) is 0 Å². The topological polar surface area (TPSA) is 75.4 Å². The standard InChI is InChI=1S/C16H26N2O3/c1-3-4-5-6-7-13(2)17-12-16(19)14-8-10-15(11-9-14)18(20)21/h8-11,13,16-17,19H,3-7,12H2,1-2H3. The van der Waals surface area contributed by atoms with Crippen molar-refractivity contribution in [1.29, 1.82) is 0 Å². The second kappa shape index (κ2) is 9.47. The first-order valence-electron chi connectivity index (χ1n) is 7.70. The monoisotopic (exact) mass is 294 g/mol. The van der Waals surface area contributed by atoms with E-state index >= 15 is 0 Å². The van der Waals surface area contributed by atoms with Gasteiger partial charge >= 0.3 is 0 Å². The molecule has 0 amide bonds. The number of aliphatic hydroxyl groups excluding tert-OH is 1. The minimum absolute atomic E-state index is 0.0446. The second-order valence-corrected chi connectivity index (χ2v) is 5.52. The summed E-state index contributed by atoms with van der Waals surface area (Å²) in [5, 5.41) is 24.0. The minimum atomic E-state index is -0.635. The van der Waals surface area contributed by atoms with E-state index in [4.69, 9.17) is 0 Å². The fourth-order valence-electron chi connectivity index (χ4n) is 2.23. The van der Waals surface area contributed by atoms with Gasteiger partial charge in [0.05, 0.1) is 11.0 Å². The summed E-state index contributed by atoms with van der Waals surface area (Å²) in [7, 11) is 0. The molecule has 0 fully saturated rings.